The smallest absolute Gasteiger partial charge is 0.338 e. The monoisotopic (exact) mass is 164 g/mol. The summed E-state index contributed by atoms with van der Waals surface area (Å²) in [5.74, 6) is -0.200. The lowest BCUT2D eigenvalue weighted by atomic mass is 10.5. The third kappa shape index (κ3) is 3.61. The highest BCUT2D eigenvalue weighted by Crippen LogP contribution is 2.09. The molecular formula is C5H10O2P2. The van der Waals surface area contributed by atoms with Gasteiger partial charge in [-0.05, 0) is 13.8 Å². The van der Waals surface area contributed by atoms with Gasteiger partial charge in [-0.3, -0.25) is 0 Å². The Bertz CT molecular complexity index is 131. The van der Waals surface area contributed by atoms with Crippen molar-refractivity contribution in [3.05, 3.63) is 0 Å². The van der Waals surface area contributed by atoms with Gasteiger partial charge in [0.25, 0.3) is 0 Å². The van der Waals surface area contributed by atoms with Crippen LogP contribution < -0.4 is 0 Å². The second-order valence-corrected chi connectivity index (χ2v) is 3.14. The van der Waals surface area contributed by atoms with Gasteiger partial charge in [0.15, 0.2) is 0 Å². The van der Waals surface area contributed by atoms with Gasteiger partial charge in [-0.15, -0.1) is 0 Å². The van der Waals surface area contributed by atoms with E-state index in [-0.39, 0.29) is 5.97 Å². The van der Waals surface area contributed by atoms with E-state index in [9.17, 15) is 4.79 Å². The first-order valence-corrected chi connectivity index (χ1v) is 5.15. The van der Waals surface area contributed by atoms with E-state index in [2.05, 4.69) is 8.93 Å². The molecule has 0 spiro atoms. The van der Waals surface area contributed by atoms with Gasteiger partial charge in [-0.1, -0.05) is 16.8 Å². The molecule has 1 atom stereocenters. The fourth-order valence-electron chi connectivity index (χ4n) is 0.288. The van der Waals surface area contributed by atoms with Crippen LogP contribution in [0.25, 0.3) is 0 Å². The molecule has 0 aliphatic carbocycles. The standard InChI is InChI=1S/C5H10O2P2/c1-3-7-5(6)4(2)9-8/h3,8H2,1-2H3. The molecule has 52 valence electrons. The summed E-state index contributed by atoms with van der Waals surface area (Å²) in [4.78, 5) is 10.7. The quantitative estimate of drug-likeness (QED) is 0.456. The fourth-order valence-corrected chi connectivity index (χ4v) is 0.774. The molecule has 0 rings (SSSR count). The average molecular weight is 164 g/mol. The SMILES string of the molecule is CCOC(=O)C(C)=PP. The Morgan fingerprint density at radius 3 is 2.67 bits per heavy atom. The zero-order chi connectivity index (χ0) is 7.28. The third-order valence-corrected chi connectivity index (χ3v) is 2.50. The van der Waals surface area contributed by atoms with Gasteiger partial charge < -0.3 is 4.74 Å². The zero-order valence-corrected chi connectivity index (χ0v) is 7.60. The van der Waals surface area contributed by atoms with E-state index in [1.807, 2.05) is 0 Å². The maximum atomic E-state index is 10.7. The summed E-state index contributed by atoms with van der Waals surface area (Å²) in [6, 6.07) is 0. The maximum absolute atomic E-state index is 10.7. The molecule has 0 N–H and O–H groups in total. The van der Waals surface area contributed by atoms with Gasteiger partial charge in [0, 0.05) is 0 Å². The van der Waals surface area contributed by atoms with Gasteiger partial charge in [-0.2, -0.15) is 0 Å². The minimum atomic E-state index is -0.200. The lowest BCUT2D eigenvalue weighted by molar-refractivity contribution is -0.134. The molecule has 4 heteroatoms. The van der Waals surface area contributed by atoms with Crippen molar-refractivity contribution in [1.29, 1.82) is 0 Å². The van der Waals surface area contributed by atoms with E-state index in [0.717, 1.165) is 13.2 Å². The molecule has 0 aromatic rings. The number of carbonyl (C=O) groups is 1. The number of ether oxygens (including phenoxy) is 1. The van der Waals surface area contributed by atoms with E-state index in [1.54, 1.807) is 13.8 Å². The molecule has 0 aliphatic rings. The molecular weight excluding hydrogens is 154 g/mol. The highest BCUT2D eigenvalue weighted by Gasteiger charge is 2.01. The van der Waals surface area contributed by atoms with E-state index >= 15 is 0 Å². The van der Waals surface area contributed by atoms with Crippen LogP contribution in [0.2, 0.25) is 0 Å². The van der Waals surface area contributed by atoms with Gasteiger partial charge in [-0.25, -0.2) is 4.79 Å². The Morgan fingerprint density at radius 1 is 1.78 bits per heavy atom. The van der Waals surface area contributed by atoms with Gasteiger partial charge in [0.05, 0.1) is 11.9 Å². The normalized spacial score (nSPS) is 11.2. The van der Waals surface area contributed by atoms with Crippen molar-refractivity contribution >= 4 is 28.1 Å². The van der Waals surface area contributed by atoms with E-state index in [1.165, 1.54) is 0 Å². The van der Waals surface area contributed by atoms with Crippen LogP contribution >= 0.6 is 16.8 Å². The Balaban J connectivity index is 3.74. The summed E-state index contributed by atoms with van der Waals surface area (Å²) in [6.07, 6.45) is 0. The number of rotatable bonds is 2. The van der Waals surface area contributed by atoms with Crippen LogP contribution in [0.1, 0.15) is 13.8 Å². The van der Waals surface area contributed by atoms with Crippen molar-refractivity contribution in [3.63, 3.8) is 0 Å². The molecule has 1 unspecified atom stereocenters. The van der Waals surface area contributed by atoms with Crippen LogP contribution in [0, 0.1) is 0 Å². The van der Waals surface area contributed by atoms with Gasteiger partial charge in [0.2, 0.25) is 0 Å². The predicted molar refractivity (Wildman–Crippen MR) is 43.9 cm³/mol. The fraction of sp³-hybridized carbons (Fsp3) is 0.600. The van der Waals surface area contributed by atoms with Gasteiger partial charge >= 0.3 is 5.97 Å². The summed E-state index contributed by atoms with van der Waals surface area (Å²) < 4.78 is 4.70. The first kappa shape index (κ1) is 9.07. The number of hydrogen-bond donors (Lipinski definition) is 0. The lowest BCUT2D eigenvalue weighted by Gasteiger charge is -1.97. The number of carbonyl (C=O) groups excluding carboxylic acids is 1. The van der Waals surface area contributed by atoms with Crippen LogP contribution in [0.15, 0.2) is 0 Å². The molecule has 0 saturated heterocycles. The Hall–Kier alpha value is 0.0700. The molecule has 0 fully saturated rings. The summed E-state index contributed by atoms with van der Waals surface area (Å²) in [7, 11) is 3.35. The van der Waals surface area contributed by atoms with Crippen molar-refractivity contribution in [2.45, 2.75) is 13.8 Å². The molecule has 0 aliphatic heterocycles. The van der Waals surface area contributed by atoms with Crippen molar-refractivity contribution < 1.29 is 9.53 Å². The largest absolute Gasteiger partial charge is 0.462 e. The van der Waals surface area contributed by atoms with Crippen LogP contribution in [-0.2, 0) is 9.53 Å². The molecule has 0 bridgehead atoms. The maximum Gasteiger partial charge on any atom is 0.338 e. The minimum absolute atomic E-state index is 0.200. The van der Waals surface area contributed by atoms with Crippen molar-refractivity contribution in [2.24, 2.45) is 0 Å². The zero-order valence-electron chi connectivity index (χ0n) is 5.55. The van der Waals surface area contributed by atoms with Crippen molar-refractivity contribution in [1.82, 2.24) is 0 Å². The highest BCUT2D eigenvalue weighted by atomic mass is 32.0. The molecule has 2 nitrogen and oxygen atoms in total. The van der Waals surface area contributed by atoms with Crippen LogP contribution in [0.3, 0.4) is 0 Å². The third-order valence-electron chi connectivity index (χ3n) is 0.764. The molecule has 0 amide bonds. The topological polar surface area (TPSA) is 26.3 Å². The minimum Gasteiger partial charge on any atom is -0.462 e. The van der Waals surface area contributed by atoms with Crippen LogP contribution in [0.4, 0.5) is 0 Å². The summed E-state index contributed by atoms with van der Waals surface area (Å²) in [5.41, 5.74) is 0. The lowest BCUT2D eigenvalue weighted by Crippen LogP contribution is -2.11. The van der Waals surface area contributed by atoms with Crippen LogP contribution in [0.5, 0.6) is 0 Å². The molecule has 0 aromatic carbocycles. The second kappa shape index (κ2) is 4.90. The molecule has 0 aromatic heterocycles. The van der Waals surface area contributed by atoms with Gasteiger partial charge in [0.1, 0.15) is 0 Å². The predicted octanol–water partition coefficient (Wildman–Crippen LogP) is 1.48. The highest BCUT2D eigenvalue weighted by molar-refractivity contribution is 8.03. The van der Waals surface area contributed by atoms with E-state index in [4.69, 9.17) is 4.74 Å². The first-order valence-electron chi connectivity index (χ1n) is 2.64. The van der Waals surface area contributed by atoms with Crippen molar-refractivity contribution in [3.8, 4) is 0 Å². The Morgan fingerprint density at radius 2 is 2.33 bits per heavy atom. The van der Waals surface area contributed by atoms with E-state index < -0.39 is 0 Å². The summed E-state index contributed by atoms with van der Waals surface area (Å²) >= 11 is 0. The number of hydrogen-bond acceptors (Lipinski definition) is 2. The molecule has 0 radical (unpaired) electrons. The Kier molecular flexibility index (Phi) is 4.94. The average Bonchev–Trinajstić information content (AvgIpc) is 1.87. The molecule has 0 heterocycles. The van der Waals surface area contributed by atoms with E-state index in [0.29, 0.717) is 6.61 Å². The molecule has 0 saturated carbocycles. The second-order valence-electron chi connectivity index (χ2n) is 1.43. The number of esters is 1. The summed E-state index contributed by atoms with van der Waals surface area (Å²) in [5, 5.41) is 0.724. The summed E-state index contributed by atoms with van der Waals surface area (Å²) in [6.45, 7) is 4.01. The van der Waals surface area contributed by atoms with Crippen molar-refractivity contribution in [2.75, 3.05) is 6.61 Å². The molecule has 9 heavy (non-hydrogen) atoms. The van der Waals surface area contributed by atoms with Crippen LogP contribution in [-0.4, -0.2) is 17.9 Å². The first-order chi connectivity index (χ1) is 4.22. The Labute approximate surface area is 58.9 Å².